The number of carbonyl (C=O) groups excluding carboxylic acids is 1. The van der Waals surface area contributed by atoms with Crippen LogP contribution in [0.1, 0.15) is 69.2 Å². The molecule has 1 saturated carbocycles. The first-order valence-corrected chi connectivity index (χ1v) is 11.3. The van der Waals surface area contributed by atoms with Crippen LogP contribution in [0.4, 0.5) is 13.2 Å². The van der Waals surface area contributed by atoms with Gasteiger partial charge < -0.3 is 5.32 Å². The first-order valence-electron chi connectivity index (χ1n) is 11.3. The Morgan fingerprint density at radius 2 is 1.62 bits per heavy atom. The molecule has 3 aromatic rings. The molecule has 1 amide bonds. The monoisotopic (exact) mass is 470 g/mol. The number of hydrogen-bond donors (Lipinski definition) is 1. The highest BCUT2D eigenvalue weighted by atomic mass is 19.4. The van der Waals surface area contributed by atoms with Crippen molar-refractivity contribution in [3.05, 3.63) is 65.7 Å². The van der Waals surface area contributed by atoms with E-state index in [2.05, 4.69) is 15.5 Å². The predicted molar refractivity (Wildman–Crippen MR) is 125 cm³/mol. The van der Waals surface area contributed by atoms with Gasteiger partial charge in [0.15, 0.2) is 0 Å². The normalized spacial score (nSPS) is 14.8. The van der Waals surface area contributed by atoms with Crippen molar-refractivity contribution in [1.82, 2.24) is 20.1 Å². The molecule has 1 aliphatic carbocycles. The minimum atomic E-state index is -4.41. The number of aromatic nitrogens is 3. The summed E-state index contributed by atoms with van der Waals surface area (Å²) >= 11 is 0. The van der Waals surface area contributed by atoms with Gasteiger partial charge in [-0.15, -0.1) is 10.2 Å². The third kappa shape index (κ3) is 5.00. The van der Waals surface area contributed by atoms with Gasteiger partial charge in [0.1, 0.15) is 12.2 Å². The van der Waals surface area contributed by atoms with Gasteiger partial charge in [-0.05, 0) is 74.1 Å². The minimum Gasteiger partial charge on any atom is -0.347 e. The van der Waals surface area contributed by atoms with Gasteiger partial charge in [-0.1, -0.05) is 32.9 Å². The molecule has 0 atom stereocenters. The average molecular weight is 471 g/mol. The van der Waals surface area contributed by atoms with E-state index in [0.29, 0.717) is 34.1 Å². The van der Waals surface area contributed by atoms with Crippen LogP contribution >= 0.6 is 0 Å². The fourth-order valence-corrected chi connectivity index (χ4v) is 4.11. The fraction of sp³-hybridized carbons (Fsp3) is 0.423. The summed E-state index contributed by atoms with van der Waals surface area (Å²) in [5, 5.41) is 11.4. The third-order valence-electron chi connectivity index (χ3n) is 6.26. The van der Waals surface area contributed by atoms with Crippen molar-refractivity contribution in [2.45, 2.75) is 64.6 Å². The van der Waals surface area contributed by atoms with Gasteiger partial charge in [-0.25, -0.2) is 0 Å². The van der Waals surface area contributed by atoms with Crippen LogP contribution in [-0.4, -0.2) is 26.2 Å². The van der Waals surface area contributed by atoms with Crippen LogP contribution in [-0.2, 0) is 11.6 Å². The molecule has 0 saturated heterocycles. The molecule has 180 valence electrons. The van der Waals surface area contributed by atoms with Gasteiger partial charge >= 0.3 is 6.18 Å². The van der Waals surface area contributed by atoms with Gasteiger partial charge in [0.05, 0.1) is 5.56 Å². The third-order valence-corrected chi connectivity index (χ3v) is 6.26. The zero-order chi connectivity index (χ0) is 24.9. The lowest BCUT2D eigenvalue weighted by atomic mass is 9.94. The van der Waals surface area contributed by atoms with E-state index in [1.807, 2.05) is 45.3 Å². The van der Waals surface area contributed by atoms with Gasteiger partial charge in [-0.3, -0.25) is 9.36 Å². The first kappa shape index (κ1) is 24.0. The highest BCUT2D eigenvalue weighted by Crippen LogP contribution is 2.39. The predicted octanol–water partition coefficient (Wildman–Crippen LogP) is 6.17. The van der Waals surface area contributed by atoms with Crippen molar-refractivity contribution in [3.63, 3.8) is 0 Å². The lowest BCUT2D eigenvalue weighted by molar-refractivity contribution is -0.137. The number of nitrogens with one attached hydrogen (secondary N) is 1. The number of benzene rings is 2. The molecule has 34 heavy (non-hydrogen) atoms. The van der Waals surface area contributed by atoms with E-state index in [4.69, 9.17) is 0 Å². The number of alkyl halides is 3. The van der Waals surface area contributed by atoms with Crippen molar-refractivity contribution in [3.8, 4) is 16.8 Å². The molecule has 1 aliphatic rings. The quantitative estimate of drug-likeness (QED) is 0.485. The molecule has 5 nitrogen and oxygen atoms in total. The van der Waals surface area contributed by atoms with Crippen LogP contribution in [0.5, 0.6) is 0 Å². The molecular formula is C26H29F3N4O. The van der Waals surface area contributed by atoms with Crippen molar-refractivity contribution in [1.29, 1.82) is 0 Å². The molecule has 0 radical (unpaired) electrons. The summed E-state index contributed by atoms with van der Waals surface area (Å²) in [6, 6.07) is 10.3. The molecule has 0 unspecified atom stereocenters. The fourth-order valence-electron chi connectivity index (χ4n) is 4.11. The Kier molecular flexibility index (Phi) is 5.82. The lowest BCUT2D eigenvalue weighted by Gasteiger charge is -2.26. The van der Waals surface area contributed by atoms with E-state index in [1.54, 1.807) is 18.5 Å². The molecule has 0 spiro atoms. The van der Waals surface area contributed by atoms with Gasteiger partial charge in [-0.2, -0.15) is 13.2 Å². The first-order chi connectivity index (χ1) is 15.8. The molecule has 1 heterocycles. The Labute approximate surface area is 197 Å². The van der Waals surface area contributed by atoms with Crippen LogP contribution in [0.25, 0.3) is 16.8 Å². The number of hydrogen-bond acceptors (Lipinski definition) is 3. The smallest absolute Gasteiger partial charge is 0.347 e. The molecule has 1 aromatic heterocycles. The summed E-state index contributed by atoms with van der Waals surface area (Å²) in [7, 11) is 0. The summed E-state index contributed by atoms with van der Waals surface area (Å²) in [6.07, 6.45) is -0.661. The Hall–Kier alpha value is -3.16. The molecule has 8 heteroatoms. The molecule has 4 rings (SSSR count). The van der Waals surface area contributed by atoms with Crippen LogP contribution in [0.15, 0.2) is 48.8 Å². The second kappa shape index (κ2) is 8.25. The molecule has 0 bridgehead atoms. The Balaban J connectivity index is 1.80. The summed E-state index contributed by atoms with van der Waals surface area (Å²) < 4.78 is 41.0. The van der Waals surface area contributed by atoms with Gasteiger partial charge in [0.25, 0.3) is 5.91 Å². The van der Waals surface area contributed by atoms with Crippen molar-refractivity contribution in [2.24, 2.45) is 5.92 Å². The zero-order valence-electron chi connectivity index (χ0n) is 20.0. The molecule has 1 N–H and O–H groups in total. The van der Waals surface area contributed by atoms with Gasteiger partial charge in [0, 0.05) is 22.2 Å². The molecule has 2 aromatic carbocycles. The highest BCUT2D eigenvalue weighted by molar-refractivity contribution is 5.96. The lowest BCUT2D eigenvalue weighted by Crippen LogP contribution is -2.45. The Morgan fingerprint density at radius 1 is 0.971 bits per heavy atom. The molecular weight excluding hydrogens is 441 g/mol. The van der Waals surface area contributed by atoms with E-state index >= 15 is 0 Å². The second-order valence-electron chi connectivity index (χ2n) is 10.6. The Morgan fingerprint density at radius 3 is 2.18 bits per heavy atom. The number of carbonyl (C=O) groups is 1. The number of rotatable bonds is 5. The molecule has 1 fully saturated rings. The van der Waals surface area contributed by atoms with E-state index in [-0.39, 0.29) is 16.9 Å². The summed E-state index contributed by atoms with van der Waals surface area (Å²) in [5.74, 6) is 0.929. The van der Waals surface area contributed by atoms with Crippen LogP contribution in [0, 0.1) is 5.92 Å². The van der Waals surface area contributed by atoms with E-state index in [0.717, 1.165) is 25.0 Å². The SMILES string of the molecule is CC(C)(C)c1nncn1-c1cc(C(=O)NC(C)(C)C2CC2)cc(-c2ccc(C(F)(F)F)cc2)c1. The van der Waals surface area contributed by atoms with Crippen LogP contribution in [0.3, 0.4) is 0 Å². The van der Waals surface area contributed by atoms with E-state index < -0.39 is 11.7 Å². The maximum absolute atomic E-state index is 13.3. The summed E-state index contributed by atoms with van der Waals surface area (Å²) in [6.45, 7) is 10.1. The second-order valence-corrected chi connectivity index (χ2v) is 10.6. The Bertz CT molecular complexity index is 1200. The summed E-state index contributed by atoms with van der Waals surface area (Å²) in [4.78, 5) is 13.3. The minimum absolute atomic E-state index is 0.225. The number of nitrogens with zero attached hydrogens (tertiary/aromatic N) is 3. The van der Waals surface area contributed by atoms with E-state index in [9.17, 15) is 18.0 Å². The maximum Gasteiger partial charge on any atom is 0.416 e. The maximum atomic E-state index is 13.3. The topological polar surface area (TPSA) is 59.8 Å². The van der Waals surface area contributed by atoms with E-state index in [1.165, 1.54) is 12.1 Å². The molecule has 0 aliphatic heterocycles. The van der Waals surface area contributed by atoms with Crippen molar-refractivity contribution in [2.75, 3.05) is 0 Å². The number of halogens is 3. The highest BCUT2D eigenvalue weighted by Gasteiger charge is 2.39. The van der Waals surface area contributed by atoms with Crippen LogP contribution < -0.4 is 5.32 Å². The van der Waals surface area contributed by atoms with Crippen molar-refractivity contribution < 1.29 is 18.0 Å². The largest absolute Gasteiger partial charge is 0.416 e. The van der Waals surface area contributed by atoms with Crippen molar-refractivity contribution >= 4 is 5.91 Å². The standard InChI is InChI=1S/C26H29F3N4O/c1-24(2,3)23-32-30-15-33(23)21-13-17(16-6-8-20(9-7-16)26(27,28)29)12-18(14-21)22(34)31-25(4,5)19-10-11-19/h6-9,12-15,19H,10-11H2,1-5H3,(H,31,34). The zero-order valence-corrected chi connectivity index (χ0v) is 20.0. The number of amides is 1. The van der Waals surface area contributed by atoms with Crippen LogP contribution in [0.2, 0.25) is 0 Å². The summed E-state index contributed by atoms with van der Waals surface area (Å²) in [5.41, 5.74) is 0.943. The average Bonchev–Trinajstić information content (AvgIpc) is 3.49. The van der Waals surface area contributed by atoms with Gasteiger partial charge in [0.2, 0.25) is 0 Å².